The molecule has 5 heteroatoms. The number of fused-ring (bicyclic) bond motifs is 1. The van der Waals surface area contributed by atoms with Gasteiger partial charge in [0.05, 0.1) is 23.5 Å². The van der Waals surface area contributed by atoms with Gasteiger partial charge in [-0.1, -0.05) is 18.2 Å². The largest absolute Gasteiger partial charge is 0.319 e. The van der Waals surface area contributed by atoms with Crippen molar-refractivity contribution < 1.29 is 0 Å². The van der Waals surface area contributed by atoms with E-state index in [1.165, 1.54) is 0 Å². The summed E-state index contributed by atoms with van der Waals surface area (Å²) in [5, 5.41) is 9.92. The fourth-order valence-corrected chi connectivity index (χ4v) is 3.08. The first-order valence-electron chi connectivity index (χ1n) is 8.30. The highest BCUT2D eigenvalue weighted by Gasteiger charge is 2.05. The molecule has 0 unspecified atom stereocenters. The number of aromatic nitrogens is 3. The van der Waals surface area contributed by atoms with Gasteiger partial charge >= 0.3 is 0 Å². The normalized spacial score (nSPS) is 10.7. The van der Waals surface area contributed by atoms with Crippen LogP contribution in [0, 0.1) is 11.3 Å². The molecule has 4 aromatic rings. The van der Waals surface area contributed by atoms with Crippen molar-refractivity contribution in [3.05, 3.63) is 100 Å². The van der Waals surface area contributed by atoms with Gasteiger partial charge in [0.1, 0.15) is 6.67 Å². The topological polar surface area (TPSA) is 63.6 Å². The Morgan fingerprint density at radius 1 is 1.00 bits per heavy atom. The summed E-state index contributed by atoms with van der Waals surface area (Å²) in [6.07, 6.45) is 6.02. The van der Waals surface area contributed by atoms with Crippen LogP contribution >= 0.6 is 0 Å². The molecule has 0 aliphatic rings. The number of hydrogen-bond donors (Lipinski definition) is 0. The zero-order chi connectivity index (χ0) is 17.9. The van der Waals surface area contributed by atoms with E-state index in [4.69, 9.17) is 5.26 Å². The quantitative estimate of drug-likeness (QED) is 0.573. The Morgan fingerprint density at radius 3 is 2.54 bits per heavy atom. The van der Waals surface area contributed by atoms with Crippen LogP contribution in [-0.2, 0) is 13.1 Å². The fourth-order valence-electron chi connectivity index (χ4n) is 3.08. The molecule has 0 aliphatic carbocycles. The van der Waals surface area contributed by atoms with Gasteiger partial charge in [-0.2, -0.15) is 5.26 Å². The van der Waals surface area contributed by atoms with Gasteiger partial charge in [-0.15, -0.1) is 0 Å². The van der Waals surface area contributed by atoms with Gasteiger partial charge < -0.3 is 4.57 Å². The number of pyridine rings is 1. The van der Waals surface area contributed by atoms with Crippen LogP contribution in [0.2, 0.25) is 0 Å². The maximum absolute atomic E-state index is 12.3. The molecule has 0 aliphatic heterocycles. The fraction of sp³-hybridized carbons (Fsp3) is 0.0952. The summed E-state index contributed by atoms with van der Waals surface area (Å²) in [6, 6.07) is 19.4. The summed E-state index contributed by atoms with van der Waals surface area (Å²) in [7, 11) is 0. The Kier molecular flexibility index (Phi) is 4.08. The first-order chi connectivity index (χ1) is 12.7. The van der Waals surface area contributed by atoms with Crippen molar-refractivity contribution in [1.82, 2.24) is 14.1 Å². The van der Waals surface area contributed by atoms with Gasteiger partial charge in [0, 0.05) is 18.5 Å². The zero-order valence-corrected chi connectivity index (χ0v) is 14.0. The Balaban J connectivity index is 1.68. The van der Waals surface area contributed by atoms with Gasteiger partial charge in [-0.3, -0.25) is 9.36 Å². The standard InChI is InChI=1S/C21H16N4O/c22-13-17-3-1-16(2-4-17)11-18-5-7-20-19(12-18)6-8-21(26)25(20)15-24-10-9-23-14-24/h1-10,12,14H,11,15H2. The Morgan fingerprint density at radius 2 is 1.81 bits per heavy atom. The van der Waals surface area contributed by atoms with Gasteiger partial charge in [-0.05, 0) is 53.3 Å². The van der Waals surface area contributed by atoms with Crippen LogP contribution in [-0.4, -0.2) is 14.1 Å². The SMILES string of the molecule is N#Cc1ccc(Cc2ccc3c(ccc(=O)n3Cn3ccnc3)c2)cc1. The van der Waals surface area contributed by atoms with Gasteiger partial charge in [0.15, 0.2) is 0 Å². The van der Waals surface area contributed by atoms with E-state index in [2.05, 4.69) is 17.1 Å². The Labute approximate surface area is 150 Å². The Bertz CT molecular complexity index is 1150. The van der Waals surface area contributed by atoms with Crippen LogP contribution in [0.3, 0.4) is 0 Å². The van der Waals surface area contributed by atoms with Crippen LogP contribution in [0.4, 0.5) is 0 Å². The van der Waals surface area contributed by atoms with E-state index in [0.29, 0.717) is 12.2 Å². The predicted molar refractivity (Wildman–Crippen MR) is 99.8 cm³/mol. The molecule has 0 amide bonds. The third-order valence-electron chi connectivity index (χ3n) is 4.41. The second-order valence-electron chi connectivity index (χ2n) is 6.20. The molecule has 0 saturated carbocycles. The van der Waals surface area contributed by atoms with Crippen LogP contribution in [0.15, 0.2) is 78.1 Å². The van der Waals surface area contributed by atoms with E-state index in [9.17, 15) is 4.79 Å². The first-order valence-corrected chi connectivity index (χ1v) is 8.30. The number of imidazole rings is 1. The average molecular weight is 340 g/mol. The minimum atomic E-state index is -0.0361. The van der Waals surface area contributed by atoms with E-state index in [1.807, 2.05) is 53.2 Å². The summed E-state index contributed by atoms with van der Waals surface area (Å²) >= 11 is 0. The third kappa shape index (κ3) is 3.13. The molecule has 0 fully saturated rings. The van der Waals surface area contributed by atoms with Crippen molar-refractivity contribution in [2.75, 3.05) is 0 Å². The molecule has 2 heterocycles. The molecule has 0 bridgehead atoms. The number of nitrogens with zero attached hydrogens (tertiary/aromatic N) is 4. The lowest BCUT2D eigenvalue weighted by Gasteiger charge is -2.12. The van der Waals surface area contributed by atoms with Gasteiger partial charge in [-0.25, -0.2) is 4.98 Å². The van der Waals surface area contributed by atoms with E-state index >= 15 is 0 Å². The minimum absolute atomic E-state index is 0.0361. The monoisotopic (exact) mass is 340 g/mol. The lowest BCUT2D eigenvalue weighted by Crippen LogP contribution is -2.22. The summed E-state index contributed by atoms with van der Waals surface area (Å²) < 4.78 is 3.61. The van der Waals surface area contributed by atoms with Crippen LogP contribution in [0.25, 0.3) is 10.9 Å². The lowest BCUT2D eigenvalue weighted by molar-refractivity contribution is 0.607. The molecule has 26 heavy (non-hydrogen) atoms. The van der Waals surface area contributed by atoms with Gasteiger partial charge in [0.25, 0.3) is 5.56 Å². The molecule has 0 atom stereocenters. The molecule has 0 N–H and O–H groups in total. The van der Waals surface area contributed by atoms with Crippen molar-refractivity contribution in [3.63, 3.8) is 0 Å². The molecular formula is C21H16N4O. The van der Waals surface area contributed by atoms with Crippen LogP contribution in [0.5, 0.6) is 0 Å². The molecular weight excluding hydrogens is 324 g/mol. The number of benzene rings is 2. The van der Waals surface area contributed by atoms with Crippen molar-refractivity contribution in [2.45, 2.75) is 13.1 Å². The highest BCUT2D eigenvalue weighted by atomic mass is 16.1. The molecule has 0 radical (unpaired) electrons. The highest BCUT2D eigenvalue weighted by Crippen LogP contribution is 2.18. The van der Waals surface area contributed by atoms with Crippen LogP contribution in [0.1, 0.15) is 16.7 Å². The molecule has 5 nitrogen and oxygen atoms in total. The van der Waals surface area contributed by atoms with Crippen LogP contribution < -0.4 is 5.56 Å². The second-order valence-corrected chi connectivity index (χ2v) is 6.20. The van der Waals surface area contributed by atoms with E-state index in [1.54, 1.807) is 23.2 Å². The molecule has 2 aromatic carbocycles. The van der Waals surface area contributed by atoms with Crippen molar-refractivity contribution >= 4 is 10.9 Å². The summed E-state index contributed by atoms with van der Waals surface area (Å²) in [5.74, 6) is 0. The summed E-state index contributed by atoms with van der Waals surface area (Å²) in [6.45, 7) is 0.436. The van der Waals surface area contributed by atoms with Crippen molar-refractivity contribution in [3.8, 4) is 6.07 Å². The average Bonchev–Trinajstić information content (AvgIpc) is 3.18. The maximum Gasteiger partial charge on any atom is 0.252 e. The summed E-state index contributed by atoms with van der Waals surface area (Å²) in [4.78, 5) is 16.3. The summed E-state index contributed by atoms with van der Waals surface area (Å²) in [5.41, 5.74) is 3.83. The van der Waals surface area contributed by atoms with Crippen molar-refractivity contribution in [2.24, 2.45) is 0 Å². The number of rotatable bonds is 4. The smallest absolute Gasteiger partial charge is 0.252 e. The molecule has 0 spiro atoms. The number of hydrogen-bond acceptors (Lipinski definition) is 3. The highest BCUT2D eigenvalue weighted by molar-refractivity contribution is 5.79. The maximum atomic E-state index is 12.3. The molecule has 0 saturated heterocycles. The molecule has 126 valence electrons. The van der Waals surface area contributed by atoms with E-state index in [0.717, 1.165) is 28.5 Å². The number of nitriles is 1. The zero-order valence-electron chi connectivity index (χ0n) is 14.0. The van der Waals surface area contributed by atoms with E-state index < -0.39 is 0 Å². The van der Waals surface area contributed by atoms with Gasteiger partial charge in [0.2, 0.25) is 0 Å². The second kappa shape index (κ2) is 6.69. The molecule has 2 aromatic heterocycles. The van der Waals surface area contributed by atoms with Crippen molar-refractivity contribution in [1.29, 1.82) is 5.26 Å². The first kappa shape index (κ1) is 15.9. The predicted octanol–water partition coefficient (Wildman–Crippen LogP) is 3.17. The minimum Gasteiger partial charge on any atom is -0.319 e. The third-order valence-corrected chi connectivity index (χ3v) is 4.41. The molecule has 4 rings (SSSR count). The Hall–Kier alpha value is -3.65. The lowest BCUT2D eigenvalue weighted by atomic mass is 10.0. The van der Waals surface area contributed by atoms with E-state index in [-0.39, 0.29) is 5.56 Å².